The van der Waals surface area contributed by atoms with Crippen molar-refractivity contribution in [1.29, 1.82) is 0 Å². The number of unbranched alkanes of at least 4 members (excludes halogenated alkanes) is 2. The first-order valence-electron chi connectivity index (χ1n) is 17.2. The fraction of sp³-hybridized carbons (Fsp3) is 0.639. The van der Waals surface area contributed by atoms with E-state index in [2.05, 4.69) is 48.1 Å². The van der Waals surface area contributed by atoms with Crippen LogP contribution in [0.15, 0.2) is 36.7 Å². The number of amides is 1. The molecule has 2 aromatic rings. The molecule has 2 unspecified atom stereocenters. The highest BCUT2D eigenvalue weighted by Crippen LogP contribution is 2.44. The number of ether oxygens (including phenoxy) is 2. The van der Waals surface area contributed by atoms with Gasteiger partial charge in [-0.15, -0.1) is 0 Å². The molecule has 2 fully saturated rings. The number of aryl methyl sites for hydroxylation is 2. The Hall–Kier alpha value is -3.17. The number of carboxylic acids is 1. The molecule has 3 aliphatic heterocycles. The summed E-state index contributed by atoms with van der Waals surface area (Å²) in [4.78, 5) is 33.8. The van der Waals surface area contributed by atoms with Crippen molar-refractivity contribution in [2.24, 2.45) is 5.92 Å². The number of aliphatic carboxylic acids is 1. The third-order valence-corrected chi connectivity index (χ3v) is 9.23. The predicted molar refractivity (Wildman–Crippen MR) is 177 cm³/mol. The zero-order valence-corrected chi connectivity index (χ0v) is 27.6. The molecule has 0 saturated carbocycles. The Morgan fingerprint density at radius 2 is 1.93 bits per heavy atom. The van der Waals surface area contributed by atoms with Gasteiger partial charge in [0.2, 0.25) is 12.7 Å². The Bertz CT molecular complexity index is 1210. The average Bonchev–Trinajstić information content (AvgIpc) is 3.67. The van der Waals surface area contributed by atoms with Crippen LogP contribution < -0.4 is 14.8 Å². The second kappa shape index (κ2) is 18.1. The Balaban J connectivity index is 0.000000854. The van der Waals surface area contributed by atoms with Gasteiger partial charge in [-0.1, -0.05) is 58.6 Å². The maximum Gasteiger partial charge on any atom is 0.308 e. The van der Waals surface area contributed by atoms with Crippen LogP contribution in [0, 0.1) is 5.92 Å². The van der Waals surface area contributed by atoms with Crippen molar-refractivity contribution in [3.05, 3.63) is 53.3 Å². The highest BCUT2D eigenvalue weighted by Gasteiger charge is 2.47. The smallest absolute Gasteiger partial charge is 0.308 e. The summed E-state index contributed by atoms with van der Waals surface area (Å²) in [6.07, 6.45) is 14.7. The molecule has 5 rings (SSSR count). The minimum absolute atomic E-state index is 0.178. The van der Waals surface area contributed by atoms with Gasteiger partial charge in [-0.05, 0) is 73.9 Å². The van der Waals surface area contributed by atoms with Crippen LogP contribution >= 0.6 is 0 Å². The lowest BCUT2D eigenvalue weighted by molar-refractivity contribution is -0.143. The number of carbonyl (C=O) groups excluding carboxylic acids is 1. The summed E-state index contributed by atoms with van der Waals surface area (Å²) in [5.74, 6) is 0.158. The normalized spacial score (nSPS) is 21.1. The van der Waals surface area contributed by atoms with Crippen LogP contribution in [-0.4, -0.2) is 77.4 Å². The first-order valence-corrected chi connectivity index (χ1v) is 17.2. The predicted octanol–water partition coefficient (Wildman–Crippen LogP) is 6.01. The number of nitrogens with one attached hydrogen (secondary N) is 1. The number of piperidine rings is 1. The third kappa shape index (κ3) is 9.66. The number of carbonyl (C=O) groups is 2. The van der Waals surface area contributed by atoms with Crippen molar-refractivity contribution in [3.63, 3.8) is 0 Å². The maximum absolute atomic E-state index is 12.8. The van der Waals surface area contributed by atoms with Crippen molar-refractivity contribution >= 4 is 11.9 Å². The molecule has 9 heteroatoms. The molecule has 1 amide bonds. The zero-order valence-electron chi connectivity index (χ0n) is 27.6. The topological polar surface area (TPSA) is 104 Å². The number of fused-ring (bicyclic) bond motifs is 1. The van der Waals surface area contributed by atoms with Gasteiger partial charge in [0.05, 0.1) is 5.92 Å². The molecule has 248 valence electrons. The fourth-order valence-corrected chi connectivity index (χ4v) is 6.89. The molecule has 3 atom stereocenters. The van der Waals surface area contributed by atoms with Gasteiger partial charge in [-0.3, -0.25) is 19.5 Å². The minimum Gasteiger partial charge on any atom is -0.481 e. The Morgan fingerprint density at radius 3 is 2.62 bits per heavy atom. The van der Waals surface area contributed by atoms with Crippen LogP contribution in [0.1, 0.15) is 101 Å². The molecule has 9 nitrogen and oxygen atoms in total. The lowest BCUT2D eigenvalue weighted by atomic mass is 9.83. The van der Waals surface area contributed by atoms with Gasteiger partial charge >= 0.3 is 5.97 Å². The van der Waals surface area contributed by atoms with E-state index < -0.39 is 11.9 Å². The molecule has 3 aliphatic rings. The van der Waals surface area contributed by atoms with E-state index in [9.17, 15) is 14.7 Å². The molecule has 4 heterocycles. The van der Waals surface area contributed by atoms with E-state index in [1.807, 2.05) is 23.2 Å². The standard InChI is InChI=1S/C31H42N4O5.C5H12/c1-2-7-23-16-24(17-27-30(23)40-21-39-27)25-19-35(20-33-13-6-9-22-8-5-12-32-18-22)26(29(25)31(37)38)11-15-34-14-4-3-10-28(34)36;1-3-5-4-2/h5,8,12,16-18,25-26,29,33H,2-4,6-7,9-11,13-15,19-21H2,1H3,(H,37,38);3-5H2,1-2H3/t25?,26?,29-;/m1./s1. The SMILES string of the molecule is CCCCC.CCCc1cc(C2CN(CNCCCc3cccnc3)C(CCN3CCCCC3=O)[C@@H]2C(=O)O)cc2c1OCO2. The number of rotatable bonds is 15. The molecule has 0 radical (unpaired) electrons. The highest BCUT2D eigenvalue weighted by atomic mass is 16.7. The molecule has 0 bridgehead atoms. The summed E-state index contributed by atoms with van der Waals surface area (Å²) in [6.45, 7) is 10.2. The van der Waals surface area contributed by atoms with E-state index in [0.29, 0.717) is 38.3 Å². The molecule has 45 heavy (non-hydrogen) atoms. The van der Waals surface area contributed by atoms with Crippen LogP contribution in [-0.2, 0) is 22.4 Å². The van der Waals surface area contributed by atoms with E-state index >= 15 is 0 Å². The van der Waals surface area contributed by atoms with Gasteiger partial charge in [0, 0.05) is 57.1 Å². The summed E-state index contributed by atoms with van der Waals surface area (Å²) in [6, 6.07) is 7.99. The number of nitrogens with zero attached hydrogens (tertiary/aromatic N) is 3. The van der Waals surface area contributed by atoms with Gasteiger partial charge in [0.1, 0.15) is 0 Å². The molecular weight excluding hydrogens is 568 g/mol. The molecule has 0 spiro atoms. The van der Waals surface area contributed by atoms with E-state index in [1.54, 1.807) is 6.20 Å². The van der Waals surface area contributed by atoms with Crippen LogP contribution in [0.4, 0.5) is 0 Å². The van der Waals surface area contributed by atoms with E-state index in [1.165, 1.54) is 24.8 Å². The van der Waals surface area contributed by atoms with Gasteiger partial charge in [-0.25, -0.2) is 0 Å². The second-order valence-electron chi connectivity index (χ2n) is 12.6. The number of hydrogen-bond donors (Lipinski definition) is 2. The van der Waals surface area contributed by atoms with Crippen molar-refractivity contribution < 1.29 is 24.2 Å². The van der Waals surface area contributed by atoms with Crippen LogP contribution in [0.5, 0.6) is 11.5 Å². The van der Waals surface area contributed by atoms with Gasteiger partial charge in [-0.2, -0.15) is 0 Å². The number of benzene rings is 1. The fourth-order valence-electron chi connectivity index (χ4n) is 6.89. The molecule has 2 saturated heterocycles. The minimum atomic E-state index is -0.784. The summed E-state index contributed by atoms with van der Waals surface area (Å²) in [7, 11) is 0. The summed E-state index contributed by atoms with van der Waals surface area (Å²) in [5, 5.41) is 14.1. The monoisotopic (exact) mass is 622 g/mol. The average molecular weight is 623 g/mol. The highest BCUT2D eigenvalue weighted by molar-refractivity contribution is 5.77. The summed E-state index contributed by atoms with van der Waals surface area (Å²) < 4.78 is 11.5. The summed E-state index contributed by atoms with van der Waals surface area (Å²) >= 11 is 0. The third-order valence-electron chi connectivity index (χ3n) is 9.23. The van der Waals surface area contributed by atoms with Gasteiger partial charge in [0.25, 0.3) is 0 Å². The van der Waals surface area contributed by atoms with Crippen LogP contribution in [0.3, 0.4) is 0 Å². The summed E-state index contributed by atoms with van der Waals surface area (Å²) in [5.41, 5.74) is 3.29. The second-order valence-corrected chi connectivity index (χ2v) is 12.6. The first kappa shape index (κ1) is 34.7. The van der Waals surface area contributed by atoms with Gasteiger partial charge in [0.15, 0.2) is 11.5 Å². The number of hydrogen-bond acceptors (Lipinski definition) is 7. The maximum atomic E-state index is 12.8. The lowest BCUT2D eigenvalue weighted by Gasteiger charge is -2.32. The largest absolute Gasteiger partial charge is 0.481 e. The number of aromatic nitrogens is 1. The van der Waals surface area contributed by atoms with Crippen LogP contribution in [0.2, 0.25) is 0 Å². The van der Waals surface area contributed by atoms with Crippen molar-refractivity contribution in [3.8, 4) is 11.5 Å². The van der Waals surface area contributed by atoms with E-state index in [-0.39, 0.29) is 24.7 Å². The van der Waals surface area contributed by atoms with Crippen molar-refractivity contribution in [2.45, 2.75) is 103 Å². The Labute approximate surface area is 269 Å². The first-order chi connectivity index (χ1) is 22.0. The van der Waals surface area contributed by atoms with Crippen molar-refractivity contribution in [1.82, 2.24) is 20.1 Å². The number of pyridine rings is 1. The molecule has 1 aromatic carbocycles. The van der Waals surface area contributed by atoms with Crippen molar-refractivity contribution in [2.75, 3.05) is 39.6 Å². The van der Waals surface area contributed by atoms with E-state index in [4.69, 9.17) is 9.47 Å². The van der Waals surface area contributed by atoms with Crippen LogP contribution in [0.25, 0.3) is 0 Å². The molecule has 2 N–H and O–H groups in total. The Kier molecular flexibility index (Phi) is 14.0. The molecular formula is C36H54N4O5. The quantitative estimate of drug-likeness (QED) is 0.233. The molecule has 1 aromatic heterocycles. The van der Waals surface area contributed by atoms with Gasteiger partial charge < -0.3 is 24.8 Å². The Morgan fingerprint density at radius 1 is 1.09 bits per heavy atom. The van der Waals surface area contributed by atoms with E-state index in [0.717, 1.165) is 68.5 Å². The lowest BCUT2D eigenvalue weighted by Crippen LogP contribution is -2.44. The number of carboxylic acid groups (broad SMARTS) is 1. The zero-order chi connectivity index (χ0) is 32.0. The number of likely N-dealkylation sites (tertiary alicyclic amines) is 2. The molecule has 0 aliphatic carbocycles.